The number of carboxylic acid groups (broad SMARTS) is 1. The normalized spacial score (nSPS) is 16.5. The van der Waals surface area contributed by atoms with Crippen LogP contribution in [0.25, 0.3) is 5.57 Å². The van der Waals surface area contributed by atoms with Crippen LogP contribution in [0.5, 0.6) is 0 Å². The number of hydrogen-bond acceptors (Lipinski definition) is 4. The van der Waals surface area contributed by atoms with E-state index in [1.165, 1.54) is 0 Å². The minimum absolute atomic E-state index is 0.139. The summed E-state index contributed by atoms with van der Waals surface area (Å²) in [7, 11) is 5.08. The molecule has 1 aliphatic heterocycles. The van der Waals surface area contributed by atoms with Crippen molar-refractivity contribution in [2.24, 2.45) is 5.41 Å². The lowest BCUT2D eigenvalue weighted by atomic mass is 9.75. The second kappa shape index (κ2) is 10.2. The first-order valence-corrected chi connectivity index (χ1v) is 16.3. The first-order valence-electron chi connectivity index (χ1n) is 13.3. The highest BCUT2D eigenvalue weighted by molar-refractivity contribution is 6.98. The van der Waals surface area contributed by atoms with Crippen LogP contribution in [0, 0.1) is 34.2 Å². The molecule has 4 rings (SSSR count). The van der Waals surface area contributed by atoms with E-state index in [9.17, 15) is 15.2 Å². The SMILES string of the molecule is CN(C)c1ccc2c(c1)[Si](C)(C)C1=CC(=[N+](C)C)C=CC1=C2c1c(F)c(C(C#N)C(C)(C)C)c(F)c(F)c1C(=O)[O-]. The number of aromatic carboxylic acids is 1. The molecule has 0 spiro atoms. The van der Waals surface area contributed by atoms with E-state index in [-0.39, 0.29) is 5.57 Å². The summed E-state index contributed by atoms with van der Waals surface area (Å²) >= 11 is 0. The molecule has 2 aliphatic rings. The fourth-order valence-corrected chi connectivity index (χ4v) is 8.77. The highest BCUT2D eigenvalue weighted by atomic mass is 28.3. The maximum Gasteiger partial charge on any atom is 0.199 e. The van der Waals surface area contributed by atoms with E-state index in [4.69, 9.17) is 0 Å². The molecule has 0 N–H and O–H groups in total. The Balaban J connectivity index is 2.28. The largest absolute Gasteiger partial charge is 0.545 e. The predicted molar refractivity (Wildman–Crippen MR) is 157 cm³/mol. The van der Waals surface area contributed by atoms with Gasteiger partial charge in [0.05, 0.1) is 18.0 Å². The van der Waals surface area contributed by atoms with Crippen molar-refractivity contribution in [3.8, 4) is 6.07 Å². The van der Waals surface area contributed by atoms with Crippen molar-refractivity contribution >= 4 is 36.2 Å². The Hall–Kier alpha value is -3.90. The molecule has 5 nitrogen and oxygen atoms in total. The molecule has 1 unspecified atom stereocenters. The number of carbonyl (C=O) groups is 1. The molecule has 214 valence electrons. The standard InChI is InChI=1S/C32H34F3N3O2Si/c1-32(2,3)21(16-36)25-28(33)26(27(31(39)40)30(35)29(25)34)24-19-12-10-17(37(4)5)14-22(19)41(8,9)23-15-18(38(6)7)11-13-20(23)24/h10-15,21H,1-9H3. The van der Waals surface area contributed by atoms with Gasteiger partial charge in [-0.25, -0.2) is 17.7 Å². The summed E-state index contributed by atoms with van der Waals surface area (Å²) in [5, 5.41) is 24.1. The third-order valence-corrected chi connectivity index (χ3v) is 11.5. The van der Waals surface area contributed by atoms with Crippen LogP contribution in [0.1, 0.15) is 53.7 Å². The van der Waals surface area contributed by atoms with Crippen LogP contribution in [0.4, 0.5) is 18.9 Å². The maximum absolute atomic E-state index is 16.8. The van der Waals surface area contributed by atoms with Gasteiger partial charge in [-0.05, 0) is 50.7 Å². The van der Waals surface area contributed by atoms with Gasteiger partial charge in [-0.2, -0.15) is 5.26 Å². The molecule has 1 aliphatic carbocycles. The summed E-state index contributed by atoms with van der Waals surface area (Å²) in [6.45, 7) is 9.14. The van der Waals surface area contributed by atoms with Crippen molar-refractivity contribution in [3.05, 3.63) is 86.9 Å². The second-order valence-corrected chi connectivity index (χ2v) is 16.9. The van der Waals surface area contributed by atoms with Crippen LogP contribution in [0.15, 0.2) is 47.2 Å². The highest BCUT2D eigenvalue weighted by Gasteiger charge is 2.43. The lowest BCUT2D eigenvalue weighted by Crippen LogP contribution is -2.50. The Labute approximate surface area is 240 Å². The number of nitrogens with zero attached hydrogens (tertiary/aromatic N) is 3. The summed E-state index contributed by atoms with van der Waals surface area (Å²) in [5.74, 6) is -8.14. The molecule has 2 aromatic carbocycles. The lowest BCUT2D eigenvalue weighted by Gasteiger charge is -2.39. The summed E-state index contributed by atoms with van der Waals surface area (Å²) in [4.78, 5) is 14.3. The first kappa shape index (κ1) is 30.1. The monoisotopic (exact) mass is 577 g/mol. The molecular weight excluding hydrogens is 543 g/mol. The van der Waals surface area contributed by atoms with Gasteiger partial charge in [0.15, 0.2) is 17.3 Å². The van der Waals surface area contributed by atoms with Crippen LogP contribution in [0.3, 0.4) is 0 Å². The zero-order chi connectivity index (χ0) is 30.8. The minimum atomic E-state index is -2.50. The molecule has 0 radical (unpaired) electrons. The van der Waals surface area contributed by atoms with Gasteiger partial charge in [-0.15, -0.1) is 0 Å². The van der Waals surface area contributed by atoms with E-state index in [0.29, 0.717) is 11.1 Å². The number of carboxylic acids is 1. The average Bonchev–Trinajstić information content (AvgIpc) is 2.88. The van der Waals surface area contributed by atoms with Gasteiger partial charge in [0.1, 0.15) is 28.0 Å². The predicted octanol–water partition coefficient (Wildman–Crippen LogP) is 4.67. The van der Waals surface area contributed by atoms with E-state index >= 15 is 13.2 Å². The smallest absolute Gasteiger partial charge is 0.199 e. The quantitative estimate of drug-likeness (QED) is 0.301. The molecule has 1 atom stereocenters. The molecule has 0 saturated heterocycles. The summed E-state index contributed by atoms with van der Waals surface area (Å²) in [5.41, 5.74) is -0.572. The number of anilines is 1. The number of nitriles is 1. The number of hydrogen-bond donors (Lipinski definition) is 0. The van der Waals surface area contributed by atoms with Crippen LogP contribution < -0.4 is 15.2 Å². The van der Waals surface area contributed by atoms with Gasteiger partial charge >= 0.3 is 0 Å². The number of rotatable bonds is 4. The fourth-order valence-electron chi connectivity index (χ4n) is 5.70. The molecule has 0 aromatic heterocycles. The molecule has 0 saturated carbocycles. The van der Waals surface area contributed by atoms with Crippen molar-refractivity contribution in [2.75, 3.05) is 33.1 Å². The molecule has 0 fully saturated rings. The molecule has 2 aromatic rings. The van der Waals surface area contributed by atoms with Crippen LogP contribution >= 0.6 is 0 Å². The second-order valence-electron chi connectivity index (χ2n) is 12.6. The minimum Gasteiger partial charge on any atom is -0.545 e. The van der Waals surface area contributed by atoms with E-state index in [1.807, 2.05) is 68.0 Å². The van der Waals surface area contributed by atoms with Gasteiger partial charge < -0.3 is 14.8 Å². The molecular formula is C32H34F3N3O2Si. The zero-order valence-electron chi connectivity index (χ0n) is 24.8. The van der Waals surface area contributed by atoms with E-state index < -0.39 is 59.5 Å². The van der Waals surface area contributed by atoms with E-state index in [0.717, 1.165) is 21.8 Å². The number of fused-ring (bicyclic) bond motifs is 2. The van der Waals surface area contributed by atoms with E-state index in [1.54, 1.807) is 32.9 Å². The summed E-state index contributed by atoms with van der Waals surface area (Å²) in [6.07, 6.45) is 5.60. The van der Waals surface area contributed by atoms with Crippen molar-refractivity contribution in [3.63, 3.8) is 0 Å². The molecule has 0 amide bonds. The lowest BCUT2D eigenvalue weighted by molar-refractivity contribution is -0.462. The summed E-state index contributed by atoms with van der Waals surface area (Å²) < 4.78 is 50.0. The van der Waals surface area contributed by atoms with Gasteiger partial charge in [-0.1, -0.05) is 39.9 Å². The molecule has 9 heteroatoms. The number of halogens is 3. The molecule has 0 bridgehead atoms. The Morgan fingerprint density at radius 1 is 1.07 bits per heavy atom. The van der Waals surface area contributed by atoms with Crippen LogP contribution in [-0.4, -0.2) is 52.5 Å². The highest BCUT2D eigenvalue weighted by Crippen LogP contribution is 2.47. The molecule has 41 heavy (non-hydrogen) atoms. The number of carbonyl (C=O) groups excluding carboxylic acids is 1. The van der Waals surface area contributed by atoms with Crippen molar-refractivity contribution < 1.29 is 27.6 Å². The fraction of sp³-hybridized carbons (Fsp3) is 0.344. The van der Waals surface area contributed by atoms with Gasteiger partial charge in [-0.3, -0.25) is 0 Å². The Morgan fingerprint density at radius 3 is 2.22 bits per heavy atom. The van der Waals surface area contributed by atoms with Crippen LogP contribution in [-0.2, 0) is 0 Å². The van der Waals surface area contributed by atoms with Crippen LogP contribution in [0.2, 0.25) is 13.1 Å². The van der Waals surface area contributed by atoms with Crippen molar-refractivity contribution in [1.82, 2.24) is 0 Å². The first-order chi connectivity index (χ1) is 18.9. The van der Waals surface area contributed by atoms with Gasteiger partial charge in [0.2, 0.25) is 0 Å². The number of allylic oxidation sites excluding steroid dienone is 5. The van der Waals surface area contributed by atoms with Gasteiger partial charge in [0, 0.05) is 48.6 Å². The maximum atomic E-state index is 16.8. The molecule has 1 heterocycles. The van der Waals surface area contributed by atoms with E-state index in [2.05, 4.69) is 13.1 Å². The summed E-state index contributed by atoms with van der Waals surface area (Å²) in [6, 6.07) is 7.52. The van der Waals surface area contributed by atoms with Crippen molar-refractivity contribution in [1.29, 1.82) is 5.26 Å². The Bertz CT molecular complexity index is 1660. The Kier molecular flexibility index (Phi) is 7.46. The topological polar surface area (TPSA) is 70.2 Å². The van der Waals surface area contributed by atoms with Gasteiger partial charge in [0.25, 0.3) is 0 Å². The van der Waals surface area contributed by atoms with Crippen molar-refractivity contribution in [2.45, 2.75) is 39.8 Å². The average molecular weight is 578 g/mol. The Morgan fingerprint density at radius 2 is 1.71 bits per heavy atom. The third kappa shape index (κ3) is 4.74. The third-order valence-electron chi connectivity index (χ3n) is 8.02. The number of benzene rings is 2. The zero-order valence-corrected chi connectivity index (χ0v) is 25.8.